The number of anilines is 2. The van der Waals surface area contributed by atoms with Crippen molar-refractivity contribution in [2.45, 2.75) is 49.2 Å². The van der Waals surface area contributed by atoms with Crippen molar-refractivity contribution in [2.24, 2.45) is 0 Å². The van der Waals surface area contributed by atoms with E-state index in [1.54, 1.807) is 60.7 Å². The lowest BCUT2D eigenvalue weighted by atomic mass is 10.1. The van der Waals surface area contributed by atoms with Gasteiger partial charge in [0.2, 0.25) is 10.6 Å². The number of nitrogens with zero attached hydrogens (tertiary/aromatic N) is 8. The Bertz CT molecular complexity index is 2360. The van der Waals surface area contributed by atoms with Crippen molar-refractivity contribution in [3.05, 3.63) is 95.0 Å². The van der Waals surface area contributed by atoms with Gasteiger partial charge in [-0.3, -0.25) is 9.13 Å². The lowest BCUT2D eigenvalue weighted by molar-refractivity contribution is -0.0570. The Balaban J connectivity index is 0.000000202. The number of imidazole rings is 2. The Morgan fingerprint density at radius 3 is 1.73 bits per heavy atom. The molecule has 0 spiro atoms. The third-order valence-corrected chi connectivity index (χ3v) is 9.11. The molecule has 0 bridgehead atoms. The molecule has 2 aliphatic heterocycles. The van der Waals surface area contributed by atoms with E-state index in [1.807, 2.05) is 0 Å². The molecule has 56 heavy (non-hydrogen) atoms. The van der Waals surface area contributed by atoms with E-state index in [-0.39, 0.29) is 56.7 Å². The summed E-state index contributed by atoms with van der Waals surface area (Å²) in [7, 11) is 0. The van der Waals surface area contributed by atoms with Gasteiger partial charge >= 0.3 is 11.9 Å². The fourth-order valence-corrected chi connectivity index (χ4v) is 6.39. The van der Waals surface area contributed by atoms with Crippen molar-refractivity contribution in [2.75, 3.05) is 24.7 Å². The van der Waals surface area contributed by atoms with E-state index in [0.717, 1.165) is 0 Å². The van der Waals surface area contributed by atoms with Crippen molar-refractivity contribution in [3.8, 4) is 0 Å². The van der Waals surface area contributed by atoms with Crippen LogP contribution in [0.1, 0.15) is 33.2 Å². The zero-order valence-corrected chi connectivity index (χ0v) is 30.1. The molecule has 6 heterocycles. The highest BCUT2D eigenvalue weighted by atomic mass is 35.5. The molecular formula is C34H30Cl2F2N10O8. The second-order valence-corrected chi connectivity index (χ2v) is 13.0. The molecule has 8 atom stereocenters. The van der Waals surface area contributed by atoms with Gasteiger partial charge in [-0.1, -0.05) is 36.4 Å². The predicted molar refractivity (Wildman–Crippen MR) is 193 cm³/mol. The van der Waals surface area contributed by atoms with Gasteiger partial charge in [0.15, 0.2) is 53.8 Å². The molecule has 6 aromatic rings. The van der Waals surface area contributed by atoms with E-state index in [2.05, 4.69) is 29.9 Å². The number of aromatic nitrogens is 8. The van der Waals surface area contributed by atoms with Crippen LogP contribution in [0.3, 0.4) is 0 Å². The lowest BCUT2D eigenvalue weighted by Crippen LogP contribution is -2.37. The van der Waals surface area contributed by atoms with Gasteiger partial charge < -0.3 is 40.6 Å². The topological polar surface area (TPSA) is 251 Å². The Labute approximate surface area is 323 Å². The molecule has 4 aromatic heterocycles. The molecule has 2 saturated heterocycles. The van der Waals surface area contributed by atoms with Gasteiger partial charge in [0.1, 0.15) is 36.0 Å². The highest BCUT2D eigenvalue weighted by Crippen LogP contribution is 2.37. The SMILES string of the molecule is Nc1nc(Cl)nc2c1ncn2[C@@H]1O[C@H](CO)C(O)[C@H]1F.Nc1nc(Cl)nc2c1ncn2[C@@H]1O[C@H](COC(=O)c2ccccc2)C(OC(=O)c2ccccc2)[C@H]1F. The summed E-state index contributed by atoms with van der Waals surface area (Å²) in [5, 5.41) is 18.4. The van der Waals surface area contributed by atoms with Crippen LogP contribution in [-0.4, -0.2) is 111 Å². The molecule has 8 rings (SSSR count). The molecular weight excluding hydrogens is 785 g/mol. The Morgan fingerprint density at radius 1 is 0.750 bits per heavy atom. The number of aliphatic hydroxyl groups excluding tert-OH is 2. The summed E-state index contributed by atoms with van der Waals surface area (Å²) >= 11 is 11.6. The first-order valence-corrected chi connectivity index (χ1v) is 17.4. The number of alkyl halides is 2. The number of benzene rings is 2. The average molecular weight is 816 g/mol. The smallest absolute Gasteiger partial charge is 0.338 e. The van der Waals surface area contributed by atoms with Gasteiger partial charge in [-0.15, -0.1) is 0 Å². The Hall–Kier alpha value is -5.64. The van der Waals surface area contributed by atoms with Gasteiger partial charge in [-0.25, -0.2) is 28.3 Å². The van der Waals surface area contributed by atoms with Gasteiger partial charge in [0.25, 0.3) is 0 Å². The van der Waals surface area contributed by atoms with Crippen molar-refractivity contribution in [1.29, 1.82) is 0 Å². The van der Waals surface area contributed by atoms with Crippen molar-refractivity contribution >= 4 is 69.1 Å². The van der Waals surface area contributed by atoms with Gasteiger partial charge in [-0.2, -0.15) is 19.9 Å². The van der Waals surface area contributed by atoms with E-state index < -0.39 is 67.8 Å². The first-order chi connectivity index (χ1) is 26.9. The van der Waals surface area contributed by atoms with Crippen LogP contribution in [0.5, 0.6) is 0 Å². The summed E-state index contributed by atoms with van der Waals surface area (Å²) in [6.07, 6.45) is -8.53. The summed E-state index contributed by atoms with van der Waals surface area (Å²) in [6, 6.07) is 16.4. The summed E-state index contributed by atoms with van der Waals surface area (Å²) in [5.74, 6) is -1.31. The van der Waals surface area contributed by atoms with E-state index in [4.69, 9.17) is 58.7 Å². The first kappa shape index (κ1) is 38.6. The standard InChI is InChI=1S/C24H19ClFN5O5.C10H11ClFN5O3/c25-24-29-19(27)17-20(30-24)31(12-28-17)21-16(26)18(36-23(33)14-9-5-2-6-10-14)15(35-21)11-34-22(32)13-7-3-1-4-8-13;11-10-15-7(13)5-8(16-10)17(2-14-5)9-4(12)6(19)3(1-18)20-9/h1-10,12,15-16,18,21H,11H2,(H2,27,29,30);2-4,6,9,18-19H,1H2,(H2,13,15,16)/t15-,16-,18?,21-;3-,4-,6?,9-/m11/s1. The molecule has 2 aromatic carbocycles. The molecule has 2 unspecified atom stereocenters. The number of carbonyl (C=O) groups is 2. The molecule has 0 aliphatic carbocycles. The predicted octanol–water partition coefficient (Wildman–Crippen LogP) is 3.03. The number of nitrogens with two attached hydrogens (primary N) is 2. The van der Waals surface area contributed by atoms with Crippen LogP contribution < -0.4 is 11.5 Å². The first-order valence-electron chi connectivity index (χ1n) is 16.6. The zero-order chi connectivity index (χ0) is 39.7. The second kappa shape index (κ2) is 16.2. The molecule has 0 amide bonds. The molecule has 0 saturated carbocycles. The summed E-state index contributed by atoms with van der Waals surface area (Å²) in [4.78, 5) is 48.9. The zero-order valence-electron chi connectivity index (χ0n) is 28.5. The number of fused-ring (bicyclic) bond motifs is 2. The number of hydrogen-bond acceptors (Lipinski definition) is 16. The normalized spacial score (nSPS) is 24.5. The highest BCUT2D eigenvalue weighted by Gasteiger charge is 2.50. The third-order valence-electron chi connectivity index (χ3n) is 8.77. The fourth-order valence-electron chi connectivity index (χ4n) is 6.05. The minimum atomic E-state index is -1.87. The summed E-state index contributed by atoms with van der Waals surface area (Å²) in [6.45, 7) is -0.871. The molecule has 22 heteroatoms. The van der Waals surface area contributed by atoms with Gasteiger partial charge in [0.05, 0.1) is 30.4 Å². The van der Waals surface area contributed by atoms with Gasteiger partial charge in [0, 0.05) is 0 Å². The van der Waals surface area contributed by atoms with Crippen LogP contribution in [0.2, 0.25) is 10.6 Å². The van der Waals surface area contributed by atoms with Crippen molar-refractivity contribution < 1.29 is 47.5 Å². The van der Waals surface area contributed by atoms with E-state index in [1.165, 1.54) is 21.8 Å². The lowest BCUT2D eigenvalue weighted by Gasteiger charge is -2.19. The van der Waals surface area contributed by atoms with Crippen LogP contribution in [0.15, 0.2) is 73.3 Å². The van der Waals surface area contributed by atoms with Crippen LogP contribution in [0.4, 0.5) is 20.4 Å². The number of carbonyl (C=O) groups excluding carboxylic acids is 2. The molecule has 6 N–H and O–H groups in total. The number of halogens is 4. The average Bonchev–Trinajstić information content (AvgIpc) is 3.96. The molecule has 2 fully saturated rings. The molecule has 18 nitrogen and oxygen atoms in total. The summed E-state index contributed by atoms with van der Waals surface area (Å²) in [5.41, 5.74) is 12.8. The maximum atomic E-state index is 15.8. The van der Waals surface area contributed by atoms with Crippen LogP contribution in [-0.2, 0) is 18.9 Å². The number of hydrogen-bond donors (Lipinski definition) is 4. The fraction of sp³-hybridized carbons (Fsp3) is 0.294. The number of esters is 2. The number of ether oxygens (including phenoxy) is 4. The quantitative estimate of drug-likeness (QED) is 0.127. The van der Waals surface area contributed by atoms with E-state index in [0.29, 0.717) is 5.56 Å². The summed E-state index contributed by atoms with van der Waals surface area (Å²) < 4.78 is 54.5. The van der Waals surface area contributed by atoms with E-state index >= 15 is 4.39 Å². The van der Waals surface area contributed by atoms with Crippen molar-refractivity contribution in [3.63, 3.8) is 0 Å². The largest absolute Gasteiger partial charge is 0.459 e. The highest BCUT2D eigenvalue weighted by molar-refractivity contribution is 6.29. The monoisotopic (exact) mass is 814 g/mol. The van der Waals surface area contributed by atoms with Crippen molar-refractivity contribution in [1.82, 2.24) is 39.0 Å². The second-order valence-electron chi connectivity index (χ2n) is 12.3. The Morgan fingerprint density at radius 2 is 1.23 bits per heavy atom. The van der Waals surface area contributed by atoms with Gasteiger partial charge in [-0.05, 0) is 47.5 Å². The maximum absolute atomic E-state index is 15.8. The molecule has 0 radical (unpaired) electrons. The van der Waals surface area contributed by atoms with Crippen LogP contribution in [0, 0.1) is 0 Å². The minimum Gasteiger partial charge on any atom is -0.459 e. The number of aliphatic hydroxyl groups is 2. The minimum absolute atomic E-state index is 0.0116. The van der Waals surface area contributed by atoms with Crippen LogP contribution >= 0.6 is 23.2 Å². The van der Waals surface area contributed by atoms with Crippen LogP contribution in [0.25, 0.3) is 22.3 Å². The number of rotatable bonds is 8. The molecule has 2 aliphatic rings. The van der Waals surface area contributed by atoms with E-state index in [9.17, 15) is 19.1 Å². The molecule has 292 valence electrons. The Kier molecular flexibility index (Phi) is 11.2. The third kappa shape index (κ3) is 7.61. The maximum Gasteiger partial charge on any atom is 0.338 e. The number of nitrogen functional groups attached to an aromatic ring is 2.